The van der Waals surface area contributed by atoms with Gasteiger partial charge < -0.3 is 19.7 Å². The maximum Gasteiger partial charge on any atom is 0.119 e. The third-order valence-electron chi connectivity index (χ3n) is 6.47. The van der Waals surface area contributed by atoms with Crippen LogP contribution in [0.15, 0.2) is 24.3 Å². The van der Waals surface area contributed by atoms with Crippen molar-refractivity contribution in [2.75, 3.05) is 26.4 Å². The van der Waals surface area contributed by atoms with E-state index in [1.165, 1.54) is 103 Å². The second-order valence-electron chi connectivity index (χ2n) is 9.69. The Kier molecular flexibility index (Phi) is 22.5. The van der Waals surface area contributed by atoms with Gasteiger partial charge >= 0.3 is 0 Å². The molecule has 0 aliphatic heterocycles. The van der Waals surface area contributed by atoms with E-state index in [2.05, 4.69) is 0 Å². The van der Waals surface area contributed by atoms with Crippen LogP contribution in [-0.2, 0) is 0 Å². The molecule has 4 nitrogen and oxygen atoms in total. The fourth-order valence-corrected chi connectivity index (χ4v) is 4.27. The molecular formula is C30H54O4. The molecule has 0 amide bonds. The van der Waals surface area contributed by atoms with E-state index in [0.29, 0.717) is 13.2 Å². The average molecular weight is 479 g/mol. The number of rotatable bonds is 26. The quantitative estimate of drug-likeness (QED) is 0.132. The minimum Gasteiger partial charge on any atom is -0.494 e. The Labute approximate surface area is 210 Å². The Bertz CT molecular complexity index is 470. The summed E-state index contributed by atoms with van der Waals surface area (Å²) in [6.45, 7) is 2.28. The van der Waals surface area contributed by atoms with E-state index >= 15 is 0 Å². The fourth-order valence-electron chi connectivity index (χ4n) is 4.27. The predicted molar refractivity (Wildman–Crippen MR) is 144 cm³/mol. The van der Waals surface area contributed by atoms with Crippen LogP contribution >= 0.6 is 0 Å². The molecule has 0 saturated carbocycles. The minimum atomic E-state index is 0.343. The van der Waals surface area contributed by atoms with E-state index in [9.17, 15) is 0 Å². The number of unbranched alkanes of at least 4 members (excludes halogenated alkanes) is 18. The molecule has 0 spiro atoms. The Morgan fingerprint density at radius 2 is 0.588 bits per heavy atom. The summed E-state index contributed by atoms with van der Waals surface area (Å²) < 4.78 is 11.7. The summed E-state index contributed by atoms with van der Waals surface area (Å²) in [5.41, 5.74) is 0. The molecular weight excluding hydrogens is 424 g/mol. The van der Waals surface area contributed by atoms with E-state index in [4.69, 9.17) is 19.7 Å². The molecule has 0 heterocycles. The summed E-state index contributed by atoms with van der Waals surface area (Å²) in [5.74, 6) is 1.87. The Hall–Kier alpha value is -1.26. The van der Waals surface area contributed by atoms with Crippen LogP contribution in [0.4, 0.5) is 0 Å². The van der Waals surface area contributed by atoms with Crippen molar-refractivity contribution >= 4 is 0 Å². The van der Waals surface area contributed by atoms with Gasteiger partial charge in [0.1, 0.15) is 11.5 Å². The highest BCUT2D eigenvalue weighted by molar-refractivity contribution is 5.31. The zero-order chi connectivity index (χ0) is 24.4. The van der Waals surface area contributed by atoms with Crippen LogP contribution in [0, 0.1) is 0 Å². The normalized spacial score (nSPS) is 11.1. The molecule has 34 heavy (non-hydrogen) atoms. The number of ether oxygens (including phenoxy) is 2. The van der Waals surface area contributed by atoms with Gasteiger partial charge in [-0.15, -0.1) is 0 Å². The number of hydrogen-bond donors (Lipinski definition) is 2. The molecule has 2 N–H and O–H groups in total. The van der Waals surface area contributed by atoms with Crippen molar-refractivity contribution < 1.29 is 19.7 Å². The van der Waals surface area contributed by atoms with Crippen LogP contribution < -0.4 is 9.47 Å². The lowest BCUT2D eigenvalue weighted by Crippen LogP contribution is -1.99. The number of hydrogen-bond acceptors (Lipinski definition) is 4. The van der Waals surface area contributed by atoms with Gasteiger partial charge in [0.05, 0.1) is 13.2 Å². The van der Waals surface area contributed by atoms with Crippen molar-refractivity contribution in [2.45, 2.75) is 128 Å². The summed E-state index contributed by atoms with van der Waals surface area (Å²) in [6, 6.07) is 8.08. The largest absolute Gasteiger partial charge is 0.494 e. The molecule has 198 valence electrons. The van der Waals surface area contributed by atoms with E-state index in [-0.39, 0.29) is 0 Å². The number of benzene rings is 1. The Balaban J connectivity index is 1.87. The maximum atomic E-state index is 8.77. The van der Waals surface area contributed by atoms with Gasteiger partial charge in [-0.1, -0.05) is 103 Å². The first-order valence-electron chi connectivity index (χ1n) is 14.4. The number of aliphatic hydroxyl groups excluding tert-OH is 2. The second kappa shape index (κ2) is 24.9. The highest BCUT2D eigenvalue weighted by atomic mass is 16.5. The third kappa shape index (κ3) is 20.1. The molecule has 1 aromatic carbocycles. The molecule has 0 aliphatic rings. The SMILES string of the molecule is OCCCCCCCCCCCCOc1ccc(OCCCCCCCCCCCCO)cc1. The summed E-state index contributed by atoms with van der Waals surface area (Å²) in [5, 5.41) is 17.5. The first-order valence-corrected chi connectivity index (χ1v) is 14.4. The molecule has 1 rings (SSSR count). The van der Waals surface area contributed by atoms with Crippen molar-refractivity contribution in [3.8, 4) is 11.5 Å². The molecule has 0 aromatic heterocycles. The van der Waals surface area contributed by atoms with E-state index < -0.39 is 0 Å². The van der Waals surface area contributed by atoms with Gasteiger partial charge in [0.15, 0.2) is 0 Å². The topological polar surface area (TPSA) is 58.9 Å². The van der Waals surface area contributed by atoms with Gasteiger partial charge in [-0.3, -0.25) is 0 Å². The van der Waals surface area contributed by atoms with Crippen molar-refractivity contribution in [3.05, 3.63) is 24.3 Å². The Morgan fingerprint density at radius 1 is 0.353 bits per heavy atom. The van der Waals surface area contributed by atoms with Crippen molar-refractivity contribution in [1.82, 2.24) is 0 Å². The van der Waals surface area contributed by atoms with Crippen molar-refractivity contribution in [2.24, 2.45) is 0 Å². The van der Waals surface area contributed by atoms with Gasteiger partial charge in [-0.05, 0) is 49.9 Å². The molecule has 0 saturated heterocycles. The van der Waals surface area contributed by atoms with Crippen LogP contribution in [-0.4, -0.2) is 36.6 Å². The summed E-state index contributed by atoms with van der Waals surface area (Å²) in [6.07, 6.45) is 24.8. The monoisotopic (exact) mass is 478 g/mol. The van der Waals surface area contributed by atoms with Gasteiger partial charge in [0, 0.05) is 13.2 Å². The highest BCUT2D eigenvalue weighted by Crippen LogP contribution is 2.19. The van der Waals surface area contributed by atoms with Crippen LogP contribution in [0.2, 0.25) is 0 Å². The number of aliphatic hydroxyl groups is 2. The van der Waals surface area contributed by atoms with E-state index in [1.54, 1.807) is 0 Å². The third-order valence-corrected chi connectivity index (χ3v) is 6.47. The lowest BCUT2D eigenvalue weighted by molar-refractivity contribution is 0.282. The standard InChI is InChI=1S/C30H54O4/c31-25-17-13-9-5-1-3-7-11-15-19-27-33-29-21-23-30(24-22-29)34-28-20-16-12-8-4-2-6-10-14-18-26-32/h21-24,31-32H,1-20,25-28H2. The smallest absolute Gasteiger partial charge is 0.119 e. The molecule has 0 atom stereocenters. The highest BCUT2D eigenvalue weighted by Gasteiger charge is 1.99. The summed E-state index contributed by atoms with van der Waals surface area (Å²) >= 11 is 0. The zero-order valence-electron chi connectivity index (χ0n) is 22.0. The zero-order valence-corrected chi connectivity index (χ0v) is 22.0. The van der Waals surface area contributed by atoms with E-state index in [1.807, 2.05) is 24.3 Å². The molecule has 0 bridgehead atoms. The fraction of sp³-hybridized carbons (Fsp3) is 0.800. The van der Waals surface area contributed by atoms with Crippen LogP contribution in [0.3, 0.4) is 0 Å². The summed E-state index contributed by atoms with van der Waals surface area (Å²) in [4.78, 5) is 0. The first-order chi connectivity index (χ1) is 16.9. The molecule has 0 unspecified atom stereocenters. The van der Waals surface area contributed by atoms with Crippen LogP contribution in [0.1, 0.15) is 128 Å². The predicted octanol–water partition coefficient (Wildman–Crippen LogP) is 8.23. The van der Waals surface area contributed by atoms with E-state index in [0.717, 1.165) is 50.4 Å². The average Bonchev–Trinajstić information content (AvgIpc) is 2.86. The Morgan fingerprint density at radius 3 is 0.853 bits per heavy atom. The van der Waals surface area contributed by atoms with Crippen molar-refractivity contribution in [3.63, 3.8) is 0 Å². The second-order valence-corrected chi connectivity index (χ2v) is 9.69. The molecule has 0 aliphatic carbocycles. The van der Waals surface area contributed by atoms with Gasteiger partial charge in [0.25, 0.3) is 0 Å². The van der Waals surface area contributed by atoms with Crippen LogP contribution in [0.5, 0.6) is 11.5 Å². The summed E-state index contributed by atoms with van der Waals surface area (Å²) in [7, 11) is 0. The minimum absolute atomic E-state index is 0.343. The first kappa shape index (κ1) is 30.8. The van der Waals surface area contributed by atoms with Gasteiger partial charge in [-0.25, -0.2) is 0 Å². The maximum absolute atomic E-state index is 8.77. The molecule has 0 radical (unpaired) electrons. The lowest BCUT2D eigenvalue weighted by atomic mass is 10.1. The molecule has 0 fully saturated rings. The lowest BCUT2D eigenvalue weighted by Gasteiger charge is -2.09. The molecule has 1 aromatic rings. The van der Waals surface area contributed by atoms with Crippen molar-refractivity contribution in [1.29, 1.82) is 0 Å². The van der Waals surface area contributed by atoms with Crippen LogP contribution in [0.25, 0.3) is 0 Å². The molecule has 4 heteroatoms. The van der Waals surface area contributed by atoms with Gasteiger partial charge in [-0.2, -0.15) is 0 Å². The van der Waals surface area contributed by atoms with Gasteiger partial charge in [0.2, 0.25) is 0 Å².